The van der Waals surface area contributed by atoms with Gasteiger partial charge in [0.2, 0.25) is 5.82 Å². The smallest absolute Gasteiger partial charge is 0.179 e. The van der Waals surface area contributed by atoms with Gasteiger partial charge in [0.15, 0.2) is 0 Å². The minimum absolute atomic E-state index is 0.246. The second-order valence-corrected chi connectivity index (χ2v) is 6.04. The molecule has 3 rings (SSSR count). The molecule has 1 fully saturated rings. The highest BCUT2D eigenvalue weighted by atomic mass is 32.1. The van der Waals surface area contributed by atoms with Crippen molar-refractivity contribution in [1.82, 2.24) is 20.2 Å². The molecule has 1 aromatic heterocycles. The molecule has 1 aliphatic rings. The maximum Gasteiger partial charge on any atom is 0.204 e. The van der Waals surface area contributed by atoms with Crippen molar-refractivity contribution in [1.29, 1.82) is 0 Å². The van der Waals surface area contributed by atoms with Gasteiger partial charge in [0, 0.05) is 11.0 Å². The minimum Gasteiger partial charge on any atom is -0.179 e. The molecule has 0 spiro atoms. The lowest BCUT2D eigenvalue weighted by Gasteiger charge is -2.35. The third kappa shape index (κ3) is 2.87. The second kappa shape index (κ2) is 5.95. The van der Waals surface area contributed by atoms with Crippen molar-refractivity contribution in [2.75, 3.05) is 5.75 Å². The van der Waals surface area contributed by atoms with E-state index < -0.39 is 0 Å². The molecule has 1 aromatic carbocycles. The van der Waals surface area contributed by atoms with E-state index in [9.17, 15) is 0 Å². The summed E-state index contributed by atoms with van der Waals surface area (Å²) in [5.41, 5.74) is 1.26. The van der Waals surface area contributed by atoms with E-state index in [4.69, 9.17) is 0 Å². The predicted octanol–water partition coefficient (Wildman–Crippen LogP) is 3.22. The number of hydrogen-bond acceptors (Lipinski definition) is 4. The Kier molecular flexibility index (Phi) is 4.05. The van der Waals surface area contributed by atoms with Crippen LogP contribution in [0.5, 0.6) is 0 Å². The summed E-state index contributed by atoms with van der Waals surface area (Å²) in [6.45, 7) is 0.830. The quantitative estimate of drug-likeness (QED) is 0.879. The highest BCUT2D eigenvalue weighted by Crippen LogP contribution is 2.38. The summed E-state index contributed by atoms with van der Waals surface area (Å²) >= 11 is 4.57. The van der Waals surface area contributed by atoms with Crippen molar-refractivity contribution >= 4 is 12.6 Å². The Morgan fingerprint density at radius 1 is 1.10 bits per heavy atom. The van der Waals surface area contributed by atoms with Gasteiger partial charge in [0.05, 0.1) is 6.54 Å². The first kappa shape index (κ1) is 13.6. The maximum absolute atomic E-state index is 4.57. The first-order chi connectivity index (χ1) is 9.81. The van der Waals surface area contributed by atoms with Gasteiger partial charge < -0.3 is 0 Å². The fourth-order valence-electron chi connectivity index (χ4n) is 2.98. The van der Waals surface area contributed by atoms with E-state index in [-0.39, 0.29) is 5.41 Å². The van der Waals surface area contributed by atoms with Gasteiger partial charge >= 0.3 is 0 Å². The molecular formula is C15H20N4S. The lowest BCUT2D eigenvalue weighted by atomic mass is 9.75. The van der Waals surface area contributed by atoms with Gasteiger partial charge in [-0.1, -0.05) is 49.6 Å². The Hall–Kier alpha value is -1.36. The molecule has 20 heavy (non-hydrogen) atoms. The van der Waals surface area contributed by atoms with E-state index in [0.717, 1.165) is 17.9 Å². The molecule has 106 valence electrons. The standard InChI is InChI=1S/C15H20N4S/c20-12-15(9-5-2-6-10-15)11-19-17-14(16-18-19)13-7-3-1-4-8-13/h1,3-4,7-8,20H,2,5-6,9-12H2. The number of rotatable bonds is 4. The van der Waals surface area contributed by atoms with Gasteiger partial charge in [0.25, 0.3) is 0 Å². The molecular weight excluding hydrogens is 268 g/mol. The first-order valence-electron chi connectivity index (χ1n) is 7.25. The number of aromatic nitrogens is 4. The topological polar surface area (TPSA) is 43.6 Å². The Bertz CT molecular complexity index is 546. The van der Waals surface area contributed by atoms with Crippen LogP contribution in [-0.4, -0.2) is 26.0 Å². The molecule has 4 nitrogen and oxygen atoms in total. The largest absolute Gasteiger partial charge is 0.204 e. The highest BCUT2D eigenvalue weighted by molar-refractivity contribution is 7.80. The predicted molar refractivity (Wildman–Crippen MR) is 82.6 cm³/mol. The summed E-state index contributed by atoms with van der Waals surface area (Å²) < 4.78 is 0. The third-order valence-electron chi connectivity index (χ3n) is 4.21. The van der Waals surface area contributed by atoms with Crippen LogP contribution in [0, 0.1) is 5.41 Å². The molecule has 5 heteroatoms. The molecule has 1 aliphatic carbocycles. The Labute approximate surface area is 125 Å². The van der Waals surface area contributed by atoms with Gasteiger partial charge in [-0.15, -0.1) is 10.2 Å². The summed E-state index contributed by atoms with van der Waals surface area (Å²) in [6, 6.07) is 10.00. The summed E-state index contributed by atoms with van der Waals surface area (Å²) in [6.07, 6.45) is 6.37. The maximum atomic E-state index is 4.57. The molecule has 0 atom stereocenters. The van der Waals surface area contributed by atoms with Gasteiger partial charge in [-0.3, -0.25) is 0 Å². The monoisotopic (exact) mass is 288 g/mol. The van der Waals surface area contributed by atoms with Crippen LogP contribution in [0.4, 0.5) is 0 Å². The normalized spacial score (nSPS) is 18.1. The van der Waals surface area contributed by atoms with E-state index in [2.05, 4.69) is 28.0 Å². The van der Waals surface area contributed by atoms with Crippen molar-refractivity contribution in [3.8, 4) is 11.4 Å². The van der Waals surface area contributed by atoms with Crippen molar-refractivity contribution in [3.63, 3.8) is 0 Å². The minimum atomic E-state index is 0.246. The molecule has 2 aromatic rings. The van der Waals surface area contributed by atoms with E-state index in [1.54, 1.807) is 4.80 Å². The molecule has 1 saturated carbocycles. The van der Waals surface area contributed by atoms with Gasteiger partial charge in [0.1, 0.15) is 0 Å². The molecule has 0 aliphatic heterocycles. The van der Waals surface area contributed by atoms with Gasteiger partial charge in [-0.25, -0.2) is 0 Å². The molecule has 0 N–H and O–H groups in total. The fraction of sp³-hybridized carbons (Fsp3) is 0.533. The van der Waals surface area contributed by atoms with Crippen molar-refractivity contribution in [3.05, 3.63) is 30.3 Å². The fourth-order valence-corrected chi connectivity index (χ4v) is 3.40. The number of hydrogen-bond donors (Lipinski definition) is 1. The van der Waals surface area contributed by atoms with Crippen LogP contribution < -0.4 is 0 Å². The average molecular weight is 288 g/mol. The first-order valence-corrected chi connectivity index (χ1v) is 7.89. The lowest BCUT2D eigenvalue weighted by molar-refractivity contribution is 0.172. The molecule has 0 unspecified atom stereocenters. The van der Waals surface area contributed by atoms with E-state index in [1.807, 2.05) is 30.3 Å². The molecule has 1 heterocycles. The second-order valence-electron chi connectivity index (χ2n) is 5.73. The van der Waals surface area contributed by atoms with Crippen LogP contribution >= 0.6 is 12.6 Å². The van der Waals surface area contributed by atoms with E-state index in [0.29, 0.717) is 5.82 Å². The van der Waals surface area contributed by atoms with E-state index in [1.165, 1.54) is 32.1 Å². The zero-order valence-electron chi connectivity index (χ0n) is 11.6. The van der Waals surface area contributed by atoms with Crippen LogP contribution in [0.2, 0.25) is 0 Å². The Balaban J connectivity index is 1.77. The van der Waals surface area contributed by atoms with Crippen LogP contribution in [0.25, 0.3) is 11.4 Å². The van der Waals surface area contributed by atoms with Crippen molar-refractivity contribution in [2.45, 2.75) is 38.6 Å². The molecule has 0 amide bonds. The summed E-state index contributed by atoms with van der Waals surface area (Å²) in [5.74, 6) is 1.60. The lowest BCUT2D eigenvalue weighted by Crippen LogP contribution is -2.32. The summed E-state index contributed by atoms with van der Waals surface area (Å²) in [4.78, 5) is 1.75. The number of nitrogens with zero attached hydrogens (tertiary/aromatic N) is 4. The number of benzene rings is 1. The zero-order valence-corrected chi connectivity index (χ0v) is 12.5. The number of tetrazole rings is 1. The zero-order chi connectivity index (χ0) is 13.8. The van der Waals surface area contributed by atoms with Gasteiger partial charge in [-0.05, 0) is 23.8 Å². The number of thiol groups is 1. The Morgan fingerprint density at radius 3 is 2.55 bits per heavy atom. The highest BCUT2D eigenvalue weighted by Gasteiger charge is 2.32. The third-order valence-corrected chi connectivity index (χ3v) is 4.88. The van der Waals surface area contributed by atoms with Crippen molar-refractivity contribution < 1.29 is 0 Å². The van der Waals surface area contributed by atoms with E-state index >= 15 is 0 Å². The summed E-state index contributed by atoms with van der Waals surface area (Å²) in [5, 5.41) is 12.9. The molecule has 0 bridgehead atoms. The van der Waals surface area contributed by atoms with Crippen LogP contribution in [0.3, 0.4) is 0 Å². The summed E-state index contributed by atoms with van der Waals surface area (Å²) in [7, 11) is 0. The van der Waals surface area contributed by atoms with Crippen LogP contribution in [-0.2, 0) is 6.54 Å². The molecule has 0 saturated heterocycles. The Morgan fingerprint density at radius 2 is 1.85 bits per heavy atom. The van der Waals surface area contributed by atoms with Crippen LogP contribution in [0.1, 0.15) is 32.1 Å². The average Bonchev–Trinajstić information content (AvgIpc) is 2.97. The SMILES string of the molecule is SCC1(Cn2nnc(-c3ccccc3)n2)CCCCC1. The van der Waals surface area contributed by atoms with Crippen LogP contribution in [0.15, 0.2) is 30.3 Å². The molecule has 0 radical (unpaired) electrons. The van der Waals surface area contributed by atoms with Gasteiger partial charge in [-0.2, -0.15) is 17.4 Å². The van der Waals surface area contributed by atoms with Crippen molar-refractivity contribution in [2.24, 2.45) is 5.41 Å².